The van der Waals surface area contributed by atoms with Crippen LogP contribution in [0.15, 0.2) is 176 Å². The van der Waals surface area contributed by atoms with Crippen LogP contribution in [0.1, 0.15) is 51.5 Å². The summed E-state index contributed by atoms with van der Waals surface area (Å²) >= 11 is 0. The minimum absolute atomic E-state index is 0.296. The third-order valence-electron chi connectivity index (χ3n) is 9.67. The van der Waals surface area contributed by atoms with Crippen molar-refractivity contribution in [2.75, 3.05) is 0 Å². The lowest BCUT2D eigenvalue weighted by molar-refractivity contribution is 0.168. The number of hydrogen-bond acceptors (Lipinski definition) is 6. The number of fused-ring (bicyclic) bond motifs is 1. The van der Waals surface area contributed by atoms with Crippen LogP contribution < -0.4 is 28.4 Å². The lowest BCUT2D eigenvalue weighted by atomic mass is 9.96. The largest absolute Gasteiger partial charge is 0.489 e. The van der Waals surface area contributed by atoms with Crippen LogP contribution >= 0.6 is 0 Å². The molecule has 56 heavy (non-hydrogen) atoms. The van der Waals surface area contributed by atoms with Crippen LogP contribution in [0.4, 0.5) is 0 Å². The van der Waals surface area contributed by atoms with E-state index in [4.69, 9.17) is 28.4 Å². The molecule has 0 saturated carbocycles. The predicted molar refractivity (Wildman–Crippen MR) is 218 cm³/mol. The van der Waals surface area contributed by atoms with E-state index in [9.17, 15) is 0 Å². The highest BCUT2D eigenvalue weighted by Gasteiger charge is 2.28. The van der Waals surface area contributed by atoms with Gasteiger partial charge in [0.2, 0.25) is 5.75 Å². The Morgan fingerprint density at radius 2 is 0.804 bits per heavy atom. The van der Waals surface area contributed by atoms with Crippen molar-refractivity contribution in [2.24, 2.45) is 0 Å². The van der Waals surface area contributed by atoms with Gasteiger partial charge in [-0.1, -0.05) is 152 Å². The Labute approximate surface area is 328 Å². The molecule has 0 N–H and O–H groups in total. The molecule has 1 aliphatic rings. The molecule has 0 spiro atoms. The minimum Gasteiger partial charge on any atom is -0.489 e. The van der Waals surface area contributed by atoms with Gasteiger partial charge in [-0.3, -0.25) is 0 Å². The summed E-state index contributed by atoms with van der Waals surface area (Å²) in [5, 5.41) is 0. The van der Waals surface area contributed by atoms with E-state index in [-0.39, 0.29) is 6.10 Å². The molecule has 0 aromatic heterocycles. The van der Waals surface area contributed by atoms with Crippen LogP contribution in [0.5, 0.6) is 34.5 Å². The van der Waals surface area contributed by atoms with Crippen molar-refractivity contribution in [2.45, 2.75) is 52.0 Å². The van der Waals surface area contributed by atoms with E-state index in [0.29, 0.717) is 56.0 Å². The molecule has 0 bridgehead atoms. The minimum atomic E-state index is -0.296. The highest BCUT2D eigenvalue weighted by molar-refractivity contribution is 5.56. The molecule has 6 heteroatoms. The summed E-state index contributed by atoms with van der Waals surface area (Å²) in [5.74, 6) is 3.90. The SMILES string of the molecule is c1ccc(COc2cc(OCc3ccccc3)c3c(c2)OC(c2cc(OCc4ccccc4)c(OCc4ccccc4)c(OCc4ccccc4)c2)CC3)cc1. The van der Waals surface area contributed by atoms with E-state index < -0.39 is 0 Å². The Morgan fingerprint density at radius 3 is 1.25 bits per heavy atom. The monoisotopic (exact) mass is 740 g/mol. The third kappa shape index (κ3) is 9.52. The molecule has 1 unspecified atom stereocenters. The van der Waals surface area contributed by atoms with Crippen molar-refractivity contribution in [1.29, 1.82) is 0 Å². The zero-order valence-corrected chi connectivity index (χ0v) is 31.2. The molecule has 8 rings (SSSR count). The first-order valence-corrected chi connectivity index (χ1v) is 19.1. The van der Waals surface area contributed by atoms with Gasteiger partial charge < -0.3 is 28.4 Å². The van der Waals surface area contributed by atoms with E-state index >= 15 is 0 Å². The van der Waals surface area contributed by atoms with Crippen molar-refractivity contribution < 1.29 is 28.4 Å². The summed E-state index contributed by atoms with van der Waals surface area (Å²) in [6.07, 6.45) is 1.17. The van der Waals surface area contributed by atoms with Gasteiger partial charge >= 0.3 is 0 Å². The van der Waals surface area contributed by atoms with Gasteiger partial charge in [0.15, 0.2) is 11.5 Å². The average Bonchev–Trinajstić information content (AvgIpc) is 3.27. The fourth-order valence-corrected chi connectivity index (χ4v) is 6.70. The van der Waals surface area contributed by atoms with Gasteiger partial charge in [0, 0.05) is 17.7 Å². The molecule has 7 aromatic carbocycles. The highest BCUT2D eigenvalue weighted by atomic mass is 16.5. The van der Waals surface area contributed by atoms with E-state index in [2.05, 4.69) is 48.5 Å². The first kappa shape index (κ1) is 36.3. The topological polar surface area (TPSA) is 55.4 Å². The molecule has 0 amide bonds. The number of benzene rings is 7. The molecule has 1 aliphatic heterocycles. The molecular weight excluding hydrogens is 697 g/mol. The maximum Gasteiger partial charge on any atom is 0.203 e. The Morgan fingerprint density at radius 1 is 0.411 bits per heavy atom. The summed E-state index contributed by atoms with van der Waals surface area (Å²) in [6, 6.07) is 58.8. The van der Waals surface area contributed by atoms with Crippen LogP contribution in [-0.4, -0.2) is 0 Å². The van der Waals surface area contributed by atoms with Gasteiger partial charge in [0.1, 0.15) is 56.4 Å². The van der Waals surface area contributed by atoms with Gasteiger partial charge in [-0.25, -0.2) is 0 Å². The van der Waals surface area contributed by atoms with Gasteiger partial charge in [0.05, 0.1) is 0 Å². The van der Waals surface area contributed by atoms with E-state index in [1.165, 1.54) is 0 Å². The van der Waals surface area contributed by atoms with Gasteiger partial charge in [-0.05, 0) is 58.4 Å². The first-order chi connectivity index (χ1) is 27.7. The van der Waals surface area contributed by atoms with Crippen molar-refractivity contribution in [1.82, 2.24) is 0 Å². The molecule has 0 radical (unpaired) electrons. The molecule has 7 aromatic rings. The highest BCUT2D eigenvalue weighted by Crippen LogP contribution is 2.47. The summed E-state index contributed by atoms with van der Waals surface area (Å²) in [6.45, 7) is 1.95. The third-order valence-corrected chi connectivity index (χ3v) is 9.67. The molecule has 0 fully saturated rings. The van der Waals surface area contributed by atoms with E-state index in [1.807, 2.05) is 127 Å². The van der Waals surface area contributed by atoms with Crippen molar-refractivity contribution in [3.63, 3.8) is 0 Å². The molecular formula is C50H44O6. The molecule has 1 heterocycles. The fraction of sp³-hybridized carbons (Fsp3) is 0.160. The second-order valence-electron chi connectivity index (χ2n) is 13.8. The zero-order chi connectivity index (χ0) is 37.8. The second-order valence-corrected chi connectivity index (χ2v) is 13.8. The van der Waals surface area contributed by atoms with Gasteiger partial charge in [-0.15, -0.1) is 0 Å². The fourth-order valence-electron chi connectivity index (χ4n) is 6.70. The van der Waals surface area contributed by atoms with Crippen molar-refractivity contribution in [3.05, 3.63) is 215 Å². The first-order valence-electron chi connectivity index (χ1n) is 19.1. The normalized spacial score (nSPS) is 13.2. The van der Waals surface area contributed by atoms with Gasteiger partial charge in [0.25, 0.3) is 0 Å². The lowest BCUT2D eigenvalue weighted by Gasteiger charge is -2.29. The summed E-state index contributed by atoms with van der Waals surface area (Å²) in [5.41, 5.74) is 7.26. The number of ether oxygens (including phenoxy) is 6. The summed E-state index contributed by atoms with van der Waals surface area (Å²) in [7, 11) is 0. The molecule has 280 valence electrons. The summed E-state index contributed by atoms with van der Waals surface area (Å²) < 4.78 is 39.5. The average molecular weight is 741 g/mol. The molecule has 6 nitrogen and oxygen atoms in total. The van der Waals surface area contributed by atoms with Crippen LogP contribution in [0.25, 0.3) is 0 Å². The smallest absolute Gasteiger partial charge is 0.203 e. The Balaban J connectivity index is 1.13. The van der Waals surface area contributed by atoms with Crippen LogP contribution in [0, 0.1) is 0 Å². The van der Waals surface area contributed by atoms with Gasteiger partial charge in [-0.2, -0.15) is 0 Å². The summed E-state index contributed by atoms with van der Waals surface area (Å²) in [4.78, 5) is 0. The molecule has 1 atom stereocenters. The van der Waals surface area contributed by atoms with Crippen LogP contribution in [0.3, 0.4) is 0 Å². The second kappa shape index (κ2) is 18.1. The quantitative estimate of drug-likeness (QED) is 0.0983. The Kier molecular flexibility index (Phi) is 11.7. The zero-order valence-electron chi connectivity index (χ0n) is 31.2. The maximum atomic E-state index is 6.90. The van der Waals surface area contributed by atoms with Crippen LogP contribution in [-0.2, 0) is 39.5 Å². The maximum absolute atomic E-state index is 6.90. The number of hydrogen-bond donors (Lipinski definition) is 0. The molecule has 0 aliphatic carbocycles. The standard InChI is InChI=1S/C50H44O6/c1-6-16-37(17-7-1)32-51-43-30-46(52-33-38-18-8-2-9-19-38)44-26-27-45(56-47(44)31-43)42-28-48(53-34-39-20-10-3-11-21-39)50(55-36-41-24-14-5-15-25-41)49(29-42)54-35-40-22-12-4-13-23-40/h1-25,28-31,45H,26-27,32-36H2. The van der Waals surface area contributed by atoms with Crippen LogP contribution in [0.2, 0.25) is 0 Å². The Bertz CT molecular complexity index is 2220. The predicted octanol–water partition coefficient (Wildman–Crippen LogP) is 11.6. The van der Waals surface area contributed by atoms with Crippen molar-refractivity contribution >= 4 is 0 Å². The lowest BCUT2D eigenvalue weighted by Crippen LogP contribution is -2.17. The van der Waals surface area contributed by atoms with Crippen molar-refractivity contribution in [3.8, 4) is 34.5 Å². The van der Waals surface area contributed by atoms with E-state index in [1.54, 1.807) is 0 Å². The number of rotatable bonds is 16. The molecule has 0 saturated heterocycles. The van der Waals surface area contributed by atoms with E-state index in [0.717, 1.165) is 63.3 Å². The Hall–Kier alpha value is -6.66.